The van der Waals surface area contributed by atoms with E-state index in [1.165, 1.54) is 11.8 Å². The molecule has 120 valence electrons. The lowest BCUT2D eigenvalue weighted by molar-refractivity contribution is -0.133. The largest absolute Gasteiger partial charge is 0.481 e. The summed E-state index contributed by atoms with van der Waals surface area (Å²) in [5, 5.41) is 9.63. The molecule has 0 aromatic carbocycles. The molecule has 1 heterocycles. The molecule has 0 spiro atoms. The summed E-state index contributed by atoms with van der Waals surface area (Å²) in [4.78, 5) is 17.5. The topological polar surface area (TPSA) is 58.4 Å². The molecule has 0 aliphatic heterocycles. The molecule has 1 N–H and O–H groups in total. The standard InChI is InChI=1S/C15H27N3O2S/c1-6-13-9-16-15(21-10-14(19)20)18(13)8-7-17(11(2)3)12(4)5/h9,11-12H,6-8,10H2,1-5H3,(H,19,20). The second-order valence-electron chi connectivity index (χ2n) is 5.65. The third-order valence-electron chi connectivity index (χ3n) is 3.50. The Hall–Kier alpha value is -1.01. The first-order valence-electron chi connectivity index (χ1n) is 7.51. The molecule has 6 heteroatoms. The van der Waals surface area contributed by atoms with E-state index in [1.54, 1.807) is 0 Å². The summed E-state index contributed by atoms with van der Waals surface area (Å²) in [6.07, 6.45) is 2.77. The highest BCUT2D eigenvalue weighted by Crippen LogP contribution is 2.19. The summed E-state index contributed by atoms with van der Waals surface area (Å²) in [7, 11) is 0. The molecule has 5 nitrogen and oxygen atoms in total. The smallest absolute Gasteiger partial charge is 0.313 e. The van der Waals surface area contributed by atoms with E-state index in [0.717, 1.165) is 30.4 Å². The molecule has 0 radical (unpaired) electrons. The molecule has 0 aliphatic rings. The molecular weight excluding hydrogens is 286 g/mol. The third kappa shape index (κ3) is 5.36. The van der Waals surface area contributed by atoms with Crippen LogP contribution >= 0.6 is 11.8 Å². The highest BCUT2D eigenvalue weighted by molar-refractivity contribution is 7.99. The lowest BCUT2D eigenvalue weighted by atomic mass is 10.2. The van der Waals surface area contributed by atoms with Crippen molar-refractivity contribution in [3.8, 4) is 0 Å². The average Bonchev–Trinajstić information content (AvgIpc) is 2.78. The van der Waals surface area contributed by atoms with E-state index in [-0.39, 0.29) is 5.75 Å². The number of carbonyl (C=O) groups is 1. The number of nitrogens with zero attached hydrogens (tertiary/aromatic N) is 3. The van der Waals surface area contributed by atoms with Crippen LogP contribution in [-0.2, 0) is 17.8 Å². The van der Waals surface area contributed by atoms with E-state index in [4.69, 9.17) is 5.11 Å². The second kappa shape index (κ2) is 8.44. The number of thioether (sulfide) groups is 1. The first kappa shape index (κ1) is 18.0. The van der Waals surface area contributed by atoms with E-state index < -0.39 is 5.97 Å². The predicted octanol–water partition coefficient (Wildman–Crippen LogP) is 2.74. The zero-order valence-corrected chi connectivity index (χ0v) is 14.5. The number of hydrogen-bond donors (Lipinski definition) is 1. The Balaban J connectivity index is 2.80. The first-order valence-corrected chi connectivity index (χ1v) is 8.50. The molecule has 1 aromatic rings. The minimum absolute atomic E-state index is 0.0538. The average molecular weight is 313 g/mol. The second-order valence-corrected chi connectivity index (χ2v) is 6.59. The van der Waals surface area contributed by atoms with Crippen molar-refractivity contribution in [2.24, 2.45) is 0 Å². The van der Waals surface area contributed by atoms with Gasteiger partial charge in [0.15, 0.2) is 5.16 Å². The van der Waals surface area contributed by atoms with Crippen LogP contribution in [0.1, 0.15) is 40.3 Å². The summed E-state index contributed by atoms with van der Waals surface area (Å²) in [5.41, 5.74) is 1.16. The van der Waals surface area contributed by atoms with Gasteiger partial charge in [-0.15, -0.1) is 0 Å². The lowest BCUT2D eigenvalue weighted by Gasteiger charge is -2.31. The fourth-order valence-corrected chi connectivity index (χ4v) is 3.23. The maximum absolute atomic E-state index is 10.7. The molecule has 0 fully saturated rings. The van der Waals surface area contributed by atoms with Gasteiger partial charge in [0.2, 0.25) is 0 Å². The van der Waals surface area contributed by atoms with Gasteiger partial charge in [-0.3, -0.25) is 9.69 Å². The quantitative estimate of drug-likeness (QED) is 0.710. The molecule has 0 unspecified atom stereocenters. The molecule has 0 amide bonds. The zero-order chi connectivity index (χ0) is 16.0. The van der Waals surface area contributed by atoms with Crippen LogP contribution in [-0.4, -0.2) is 49.9 Å². The van der Waals surface area contributed by atoms with Crippen LogP contribution in [0.2, 0.25) is 0 Å². The Morgan fingerprint density at radius 2 is 2.00 bits per heavy atom. The molecule has 0 saturated carbocycles. The number of aliphatic carboxylic acids is 1. The number of rotatable bonds is 9. The van der Waals surface area contributed by atoms with Crippen molar-refractivity contribution in [1.82, 2.24) is 14.5 Å². The minimum atomic E-state index is -0.807. The van der Waals surface area contributed by atoms with Crippen molar-refractivity contribution in [1.29, 1.82) is 0 Å². The van der Waals surface area contributed by atoms with Gasteiger partial charge in [-0.1, -0.05) is 18.7 Å². The van der Waals surface area contributed by atoms with Crippen LogP contribution in [0, 0.1) is 0 Å². The van der Waals surface area contributed by atoms with E-state index >= 15 is 0 Å². The Kier molecular flexibility index (Phi) is 7.25. The first-order chi connectivity index (χ1) is 9.86. The summed E-state index contributed by atoms with van der Waals surface area (Å²) >= 11 is 1.29. The predicted molar refractivity (Wildman–Crippen MR) is 86.9 cm³/mol. The van der Waals surface area contributed by atoms with Gasteiger partial charge < -0.3 is 9.67 Å². The number of imidazole rings is 1. The van der Waals surface area contributed by atoms with Gasteiger partial charge in [-0.05, 0) is 34.1 Å². The normalized spacial score (nSPS) is 11.8. The summed E-state index contributed by atoms with van der Waals surface area (Å²) in [5.74, 6) is -0.753. The molecule has 0 atom stereocenters. The van der Waals surface area contributed by atoms with Crippen LogP contribution in [0.15, 0.2) is 11.4 Å². The summed E-state index contributed by atoms with van der Waals surface area (Å²) in [6, 6.07) is 0.988. The van der Waals surface area contributed by atoms with Crippen LogP contribution < -0.4 is 0 Å². The highest BCUT2D eigenvalue weighted by Gasteiger charge is 2.16. The van der Waals surface area contributed by atoms with Crippen molar-refractivity contribution in [3.63, 3.8) is 0 Å². The maximum atomic E-state index is 10.7. The van der Waals surface area contributed by atoms with Gasteiger partial charge in [0.25, 0.3) is 0 Å². The Morgan fingerprint density at radius 3 is 2.48 bits per heavy atom. The van der Waals surface area contributed by atoms with Gasteiger partial charge in [-0.2, -0.15) is 0 Å². The van der Waals surface area contributed by atoms with E-state index in [9.17, 15) is 4.79 Å². The fraction of sp³-hybridized carbons (Fsp3) is 0.733. The molecule has 21 heavy (non-hydrogen) atoms. The molecular formula is C15H27N3O2S. The van der Waals surface area contributed by atoms with Gasteiger partial charge in [0.1, 0.15) is 0 Å². The van der Waals surface area contributed by atoms with E-state index in [0.29, 0.717) is 12.1 Å². The van der Waals surface area contributed by atoms with Crippen molar-refractivity contribution in [2.75, 3.05) is 12.3 Å². The monoisotopic (exact) mass is 313 g/mol. The van der Waals surface area contributed by atoms with E-state index in [2.05, 4.69) is 49.1 Å². The van der Waals surface area contributed by atoms with Crippen LogP contribution in [0.3, 0.4) is 0 Å². The van der Waals surface area contributed by atoms with Gasteiger partial charge in [0, 0.05) is 37.1 Å². The SMILES string of the molecule is CCc1cnc(SCC(=O)O)n1CCN(C(C)C)C(C)C. The Morgan fingerprint density at radius 1 is 1.38 bits per heavy atom. The number of aromatic nitrogens is 2. The Bertz CT molecular complexity index is 450. The number of hydrogen-bond acceptors (Lipinski definition) is 4. The number of carboxylic acids is 1. The van der Waals surface area contributed by atoms with Crippen molar-refractivity contribution < 1.29 is 9.90 Å². The number of carboxylic acid groups (broad SMARTS) is 1. The molecule has 0 bridgehead atoms. The van der Waals surface area contributed by atoms with Gasteiger partial charge in [0.05, 0.1) is 5.75 Å². The maximum Gasteiger partial charge on any atom is 0.313 e. The minimum Gasteiger partial charge on any atom is -0.481 e. The van der Waals surface area contributed by atoms with Crippen molar-refractivity contribution in [2.45, 2.75) is 64.8 Å². The van der Waals surface area contributed by atoms with Gasteiger partial charge in [-0.25, -0.2) is 4.98 Å². The molecule has 0 saturated heterocycles. The van der Waals surface area contributed by atoms with Crippen molar-refractivity contribution >= 4 is 17.7 Å². The summed E-state index contributed by atoms with van der Waals surface area (Å²) in [6.45, 7) is 12.7. The Labute approximate surface area is 131 Å². The van der Waals surface area contributed by atoms with Gasteiger partial charge >= 0.3 is 5.97 Å². The van der Waals surface area contributed by atoms with Crippen molar-refractivity contribution in [3.05, 3.63) is 11.9 Å². The van der Waals surface area contributed by atoms with E-state index in [1.807, 2.05) is 6.20 Å². The van der Waals surface area contributed by atoms with Crippen LogP contribution in [0.4, 0.5) is 0 Å². The number of aryl methyl sites for hydroxylation is 1. The summed E-state index contributed by atoms with van der Waals surface area (Å²) < 4.78 is 2.16. The van der Waals surface area contributed by atoms with Crippen LogP contribution in [0.5, 0.6) is 0 Å². The molecule has 0 aliphatic carbocycles. The fourth-order valence-electron chi connectivity index (χ4n) is 2.48. The lowest BCUT2D eigenvalue weighted by Crippen LogP contribution is -2.39. The molecule has 1 rings (SSSR count). The molecule has 1 aromatic heterocycles. The van der Waals surface area contributed by atoms with Crippen LogP contribution in [0.25, 0.3) is 0 Å². The zero-order valence-electron chi connectivity index (χ0n) is 13.7. The highest BCUT2D eigenvalue weighted by atomic mass is 32.2. The third-order valence-corrected chi connectivity index (χ3v) is 4.47.